The second-order valence-corrected chi connectivity index (χ2v) is 8.28. The second-order valence-electron chi connectivity index (χ2n) is 5.78. The average molecular weight is 411 g/mol. The minimum atomic E-state index is -5.21. The van der Waals surface area contributed by atoms with Crippen molar-refractivity contribution in [3.8, 4) is 0 Å². The molecule has 3 nitrogen and oxygen atoms in total. The Kier molecular flexibility index (Phi) is 10.4. The van der Waals surface area contributed by atoms with E-state index in [0.717, 1.165) is 39.3 Å². The topological polar surface area (TPSA) is 9.72 Å². The molecule has 0 spiro atoms. The molecule has 0 aromatic rings. The van der Waals surface area contributed by atoms with E-state index in [0.29, 0.717) is 0 Å². The van der Waals surface area contributed by atoms with Crippen LogP contribution in [0.2, 0.25) is 0 Å². The Morgan fingerprint density at radius 1 is 0.577 bits per heavy atom. The molecule has 26 heavy (non-hydrogen) atoms. The van der Waals surface area contributed by atoms with E-state index in [2.05, 4.69) is 55.6 Å². The Labute approximate surface area is 154 Å². The molecule has 0 aromatic carbocycles. The number of hydrogen-bond donors (Lipinski definition) is 0. The van der Waals surface area contributed by atoms with Gasteiger partial charge in [0.25, 0.3) is 0 Å². The summed E-state index contributed by atoms with van der Waals surface area (Å²) in [6.07, 6.45) is -0.958. The van der Waals surface area contributed by atoms with Crippen LogP contribution in [0.4, 0.5) is 26.3 Å². The summed E-state index contributed by atoms with van der Waals surface area (Å²) in [6.45, 7) is 20.7. The summed E-state index contributed by atoms with van der Waals surface area (Å²) in [6, 6.07) is 0. The summed E-state index contributed by atoms with van der Waals surface area (Å²) in [5.41, 5.74) is 0. The Balaban J connectivity index is 0.000000531. The molecule has 0 aromatic heterocycles. The van der Waals surface area contributed by atoms with Crippen molar-refractivity contribution in [3.63, 3.8) is 0 Å². The van der Waals surface area contributed by atoms with E-state index in [-0.39, 0.29) is 0 Å². The van der Waals surface area contributed by atoms with Gasteiger partial charge in [-0.1, -0.05) is 0 Å². The third kappa shape index (κ3) is 5.46. The number of nitrogens with zero attached hydrogens (tertiary/aromatic N) is 3. The zero-order valence-electron chi connectivity index (χ0n) is 16.4. The molecule has 0 amide bonds. The minimum absolute atomic E-state index is 0.665. The second kappa shape index (κ2) is 10.4. The van der Waals surface area contributed by atoms with Crippen molar-refractivity contribution < 1.29 is 26.3 Å². The highest BCUT2D eigenvalue weighted by Gasteiger charge is 2.73. The maximum Gasteiger partial charge on any atom is 0.315 e. The molecule has 1 saturated carbocycles. The van der Waals surface area contributed by atoms with Crippen molar-refractivity contribution >= 4 is 8.37 Å². The average Bonchev–Trinajstić information content (AvgIpc) is 2.57. The maximum absolute atomic E-state index is 11.6. The van der Waals surface area contributed by atoms with Crippen molar-refractivity contribution in [2.45, 2.75) is 59.3 Å². The Morgan fingerprint density at radius 3 is 0.885 bits per heavy atom. The molecule has 1 fully saturated rings. The predicted molar refractivity (Wildman–Crippen MR) is 96.2 cm³/mol. The summed E-state index contributed by atoms with van der Waals surface area (Å²) in [4.78, 5) is 0. The summed E-state index contributed by atoms with van der Waals surface area (Å²) in [5.74, 6) is -14.5. The Hall–Kier alpha value is -0.110. The van der Waals surface area contributed by atoms with Gasteiger partial charge < -0.3 is 0 Å². The van der Waals surface area contributed by atoms with Crippen LogP contribution in [0.1, 0.15) is 41.5 Å². The van der Waals surface area contributed by atoms with Crippen LogP contribution in [0, 0.1) is 6.42 Å². The van der Waals surface area contributed by atoms with Gasteiger partial charge in [-0.15, -0.1) is 0 Å². The molecule has 0 unspecified atom stereocenters. The molecule has 0 bridgehead atoms. The summed E-state index contributed by atoms with van der Waals surface area (Å²) in [5, 5.41) is 0. The van der Waals surface area contributed by atoms with Gasteiger partial charge in [0.2, 0.25) is 20.2 Å². The van der Waals surface area contributed by atoms with Crippen LogP contribution in [0.5, 0.6) is 0 Å². The molecule has 0 N–H and O–H groups in total. The van der Waals surface area contributed by atoms with E-state index < -0.39 is 32.6 Å². The van der Waals surface area contributed by atoms with Gasteiger partial charge in [-0.05, 0) is 41.5 Å². The minimum Gasteiger partial charge on any atom is -0.237 e. The first-order valence-corrected chi connectivity index (χ1v) is 10.4. The monoisotopic (exact) mass is 411 g/mol. The van der Waals surface area contributed by atoms with Crippen LogP contribution >= 0.6 is 8.37 Å². The molecule has 10 heteroatoms. The largest absolute Gasteiger partial charge is 0.315 e. The van der Waals surface area contributed by atoms with E-state index in [1.165, 1.54) is 0 Å². The number of hydrogen-bond acceptors (Lipinski definition) is 3. The lowest BCUT2D eigenvalue weighted by Gasteiger charge is -2.53. The molecule has 1 rings (SSSR count). The van der Waals surface area contributed by atoms with Gasteiger partial charge in [-0.3, -0.25) is 0 Å². The number of halogens is 6. The highest BCUT2D eigenvalue weighted by Crippen LogP contribution is 2.59. The van der Waals surface area contributed by atoms with Crippen molar-refractivity contribution in [2.75, 3.05) is 39.3 Å². The van der Waals surface area contributed by atoms with Gasteiger partial charge in [-0.2, -0.15) is 29.2 Å². The van der Waals surface area contributed by atoms with E-state index >= 15 is 0 Å². The maximum atomic E-state index is 11.6. The van der Waals surface area contributed by atoms with Crippen molar-refractivity contribution in [2.24, 2.45) is 0 Å². The smallest absolute Gasteiger partial charge is 0.237 e. The quantitative estimate of drug-likeness (QED) is 0.298. The van der Waals surface area contributed by atoms with Crippen molar-refractivity contribution in [3.05, 3.63) is 6.42 Å². The summed E-state index contributed by atoms with van der Waals surface area (Å²) >= 11 is 0. The lowest BCUT2D eigenvalue weighted by molar-refractivity contribution is -0.354. The fourth-order valence-corrected chi connectivity index (χ4v) is 5.57. The van der Waals surface area contributed by atoms with Crippen LogP contribution in [-0.2, 0) is 0 Å². The van der Waals surface area contributed by atoms with Crippen LogP contribution < -0.4 is 0 Å². The van der Waals surface area contributed by atoms with Gasteiger partial charge in [0, 0.05) is 39.3 Å². The van der Waals surface area contributed by atoms with Crippen LogP contribution in [-0.4, -0.2) is 71.0 Å². The fourth-order valence-electron chi connectivity index (χ4n) is 2.67. The molecule has 0 aliphatic heterocycles. The molecule has 1 aliphatic carbocycles. The van der Waals surface area contributed by atoms with Gasteiger partial charge in [0.1, 0.15) is 0 Å². The van der Waals surface area contributed by atoms with Crippen molar-refractivity contribution in [1.29, 1.82) is 0 Å². The Morgan fingerprint density at radius 2 is 0.808 bits per heavy atom. The first-order chi connectivity index (χ1) is 11.9. The molecule has 1 aliphatic rings. The molecular formula is C16H32F6N3P. The molecule has 0 heterocycles. The van der Waals surface area contributed by atoms with Gasteiger partial charge in [0.05, 0.1) is 0 Å². The third-order valence-electron chi connectivity index (χ3n) is 4.34. The zero-order valence-corrected chi connectivity index (χ0v) is 17.4. The lowest BCUT2D eigenvalue weighted by Crippen LogP contribution is -2.67. The lowest BCUT2D eigenvalue weighted by atomic mass is 9.84. The van der Waals surface area contributed by atoms with Gasteiger partial charge in [0.15, 0.2) is 0 Å². The highest BCUT2D eigenvalue weighted by atomic mass is 31.2. The van der Waals surface area contributed by atoms with E-state index in [1.54, 1.807) is 0 Å². The van der Waals surface area contributed by atoms with Gasteiger partial charge >= 0.3 is 5.92 Å². The molecule has 0 radical (unpaired) electrons. The predicted octanol–water partition coefficient (Wildman–Crippen LogP) is 5.08. The highest BCUT2D eigenvalue weighted by molar-refractivity contribution is 7.50. The van der Waals surface area contributed by atoms with Gasteiger partial charge in [-0.25, -0.2) is 17.6 Å². The first kappa shape index (κ1) is 25.9. The molecular weight excluding hydrogens is 379 g/mol. The first-order valence-electron chi connectivity index (χ1n) is 9.02. The van der Waals surface area contributed by atoms with E-state index in [9.17, 15) is 26.3 Å². The van der Waals surface area contributed by atoms with E-state index in [4.69, 9.17) is 0 Å². The molecule has 0 saturated heterocycles. The third-order valence-corrected chi connectivity index (χ3v) is 7.93. The van der Waals surface area contributed by atoms with E-state index in [1.807, 2.05) is 0 Å². The summed E-state index contributed by atoms with van der Waals surface area (Å²) < 4.78 is 77.2. The van der Waals surface area contributed by atoms with Crippen LogP contribution in [0.15, 0.2) is 0 Å². The number of alkyl halides is 6. The molecule has 0 atom stereocenters. The zero-order chi connectivity index (χ0) is 20.8. The van der Waals surface area contributed by atoms with Crippen LogP contribution in [0.3, 0.4) is 0 Å². The normalized spacial score (nSPS) is 20.3. The standard InChI is InChI=1S/C12H30N3P.C4HF6/c1-7-13(8-2)16(14(9-3)10-4)15(11-5)12-6;5-2(6)1-3(7,8)4(2,9)10/h7-12H2,1-6H3;1H/q;-1/p+1. The SMILES string of the molecule is CCN(CC)[PH+](N(CC)CC)N(CC)CC.FC1(F)[CH-]C(F)(F)C1(F)F. The molecule has 158 valence electrons. The summed E-state index contributed by atoms with van der Waals surface area (Å²) in [7, 11) is -0.665. The number of rotatable bonds is 9. The van der Waals surface area contributed by atoms with Crippen molar-refractivity contribution in [1.82, 2.24) is 14.0 Å². The Bertz CT molecular complexity index is 355. The fraction of sp³-hybridized carbons (Fsp3) is 0.938. The van der Waals surface area contributed by atoms with Crippen LogP contribution in [0.25, 0.3) is 0 Å².